The standard InChI is InChI=1S/C30H26F4N4O3/c1-17(18-6-8-19(9-7-18)29(41)35-13-12-28(39)40)38-27(26-14-20-4-2-3-5-24(20)36-26)16-25(37-38)22-15-21(30(32,33)34)10-11-23(22)31/h2-11,14-17,20,24,36H,12-13H2,1H3,(H,35,41)(H,39,40)/t17-,20?,24?/m0/s1. The van der Waals surface area contributed by atoms with Crippen LogP contribution in [0, 0.1) is 11.7 Å². The fourth-order valence-corrected chi connectivity index (χ4v) is 4.87. The van der Waals surface area contributed by atoms with Crippen LogP contribution in [0.3, 0.4) is 0 Å². The fourth-order valence-electron chi connectivity index (χ4n) is 4.87. The van der Waals surface area contributed by atoms with Gasteiger partial charge in [0.2, 0.25) is 0 Å². The molecule has 0 bridgehead atoms. The molecule has 1 amide bonds. The van der Waals surface area contributed by atoms with Crippen LogP contribution >= 0.6 is 0 Å². The van der Waals surface area contributed by atoms with E-state index in [2.05, 4.69) is 15.7 Å². The first-order valence-electron chi connectivity index (χ1n) is 12.9. The van der Waals surface area contributed by atoms with Crippen LogP contribution in [0.4, 0.5) is 17.6 Å². The Bertz CT molecular complexity index is 1570. The molecule has 11 heteroatoms. The van der Waals surface area contributed by atoms with E-state index in [9.17, 15) is 27.2 Å². The summed E-state index contributed by atoms with van der Waals surface area (Å²) in [7, 11) is 0. The molecule has 2 aromatic carbocycles. The maximum Gasteiger partial charge on any atom is 0.416 e. The Hall–Kier alpha value is -4.67. The van der Waals surface area contributed by atoms with E-state index in [4.69, 9.17) is 5.11 Å². The van der Waals surface area contributed by atoms with Crippen molar-refractivity contribution in [2.24, 2.45) is 5.92 Å². The summed E-state index contributed by atoms with van der Waals surface area (Å²) in [5.74, 6) is -2.20. The molecule has 7 nitrogen and oxygen atoms in total. The molecule has 2 heterocycles. The van der Waals surface area contributed by atoms with Crippen molar-refractivity contribution in [3.05, 3.63) is 107 Å². The fraction of sp³-hybridized carbons (Fsp3) is 0.233. The van der Waals surface area contributed by atoms with E-state index in [0.717, 1.165) is 17.7 Å². The third-order valence-corrected chi connectivity index (χ3v) is 7.09. The van der Waals surface area contributed by atoms with Gasteiger partial charge < -0.3 is 15.7 Å². The van der Waals surface area contributed by atoms with E-state index in [1.165, 1.54) is 0 Å². The van der Waals surface area contributed by atoms with Crippen LogP contribution < -0.4 is 10.6 Å². The van der Waals surface area contributed by atoms with E-state index in [1.807, 2.05) is 37.3 Å². The predicted molar refractivity (Wildman–Crippen MR) is 144 cm³/mol. The Morgan fingerprint density at radius 1 is 1.10 bits per heavy atom. The van der Waals surface area contributed by atoms with Gasteiger partial charge in [-0.1, -0.05) is 36.4 Å². The van der Waals surface area contributed by atoms with E-state index in [1.54, 1.807) is 35.0 Å². The van der Waals surface area contributed by atoms with E-state index in [0.29, 0.717) is 23.0 Å². The van der Waals surface area contributed by atoms with Crippen molar-refractivity contribution in [2.45, 2.75) is 31.6 Å². The minimum absolute atomic E-state index is 0.00122. The highest BCUT2D eigenvalue weighted by Crippen LogP contribution is 2.36. The van der Waals surface area contributed by atoms with Gasteiger partial charge in [-0.3, -0.25) is 14.3 Å². The molecular formula is C30H26F4N4O3. The zero-order chi connectivity index (χ0) is 29.3. The van der Waals surface area contributed by atoms with Gasteiger partial charge in [0.05, 0.1) is 41.2 Å². The number of allylic oxidation sites excluding steroid dienone is 2. The summed E-state index contributed by atoms with van der Waals surface area (Å²) in [6.45, 7) is 1.83. The van der Waals surface area contributed by atoms with Gasteiger partial charge >= 0.3 is 12.1 Å². The molecule has 0 saturated heterocycles. The molecule has 1 aromatic heterocycles. The number of nitrogens with one attached hydrogen (secondary N) is 2. The first-order valence-corrected chi connectivity index (χ1v) is 12.9. The number of alkyl halides is 3. The van der Waals surface area contributed by atoms with E-state index in [-0.39, 0.29) is 36.2 Å². The third-order valence-electron chi connectivity index (χ3n) is 7.09. The Morgan fingerprint density at radius 2 is 1.83 bits per heavy atom. The number of hydrogen-bond donors (Lipinski definition) is 3. The zero-order valence-corrected chi connectivity index (χ0v) is 21.8. The maximum absolute atomic E-state index is 14.8. The number of aromatic nitrogens is 2. The van der Waals surface area contributed by atoms with Crippen molar-refractivity contribution < 1.29 is 32.3 Å². The van der Waals surface area contributed by atoms with Crippen LogP contribution in [0.2, 0.25) is 0 Å². The van der Waals surface area contributed by atoms with Crippen LogP contribution in [0.5, 0.6) is 0 Å². The minimum atomic E-state index is -4.65. The van der Waals surface area contributed by atoms with Gasteiger partial charge in [0, 0.05) is 23.6 Å². The summed E-state index contributed by atoms with van der Waals surface area (Å²) in [5.41, 5.74) is 1.16. The number of carbonyl (C=O) groups is 2. The Balaban J connectivity index is 1.50. The number of nitrogens with zero attached hydrogens (tertiary/aromatic N) is 2. The molecule has 0 fully saturated rings. The van der Waals surface area contributed by atoms with Gasteiger partial charge in [-0.15, -0.1) is 0 Å². The molecule has 3 aromatic rings. The zero-order valence-electron chi connectivity index (χ0n) is 21.8. The number of fused-ring (bicyclic) bond motifs is 1. The van der Waals surface area contributed by atoms with Crippen LogP contribution in [-0.2, 0) is 11.0 Å². The second-order valence-electron chi connectivity index (χ2n) is 9.85. The first-order chi connectivity index (χ1) is 19.5. The van der Waals surface area contributed by atoms with E-state index < -0.39 is 35.5 Å². The largest absolute Gasteiger partial charge is 0.481 e. The summed E-state index contributed by atoms with van der Waals surface area (Å²) < 4.78 is 56.7. The number of halogens is 4. The topological polar surface area (TPSA) is 96.3 Å². The predicted octanol–water partition coefficient (Wildman–Crippen LogP) is 5.58. The number of carboxylic acid groups (broad SMARTS) is 1. The monoisotopic (exact) mass is 566 g/mol. The molecule has 0 spiro atoms. The summed E-state index contributed by atoms with van der Waals surface area (Å²) >= 11 is 0. The SMILES string of the molecule is C[C@@H](c1ccc(C(=O)NCCC(=O)O)cc1)n1nc(-c2cc(C(F)(F)F)ccc2F)cc1C1=CC2C=CC=CC2N1. The molecule has 2 aliphatic rings. The van der Waals surface area contributed by atoms with Gasteiger partial charge in [0.1, 0.15) is 5.82 Å². The number of benzene rings is 2. The molecular weight excluding hydrogens is 540 g/mol. The summed E-state index contributed by atoms with van der Waals surface area (Å²) in [6, 6.07) is 9.99. The number of rotatable bonds is 8. The highest BCUT2D eigenvalue weighted by Gasteiger charge is 2.33. The Labute approximate surface area is 232 Å². The average molecular weight is 567 g/mol. The lowest BCUT2D eigenvalue weighted by Gasteiger charge is -2.19. The van der Waals surface area contributed by atoms with Gasteiger partial charge in [-0.2, -0.15) is 18.3 Å². The van der Waals surface area contributed by atoms with Crippen molar-refractivity contribution >= 4 is 17.6 Å². The molecule has 3 atom stereocenters. The summed E-state index contributed by atoms with van der Waals surface area (Å²) in [6.07, 6.45) is 5.05. The van der Waals surface area contributed by atoms with Crippen molar-refractivity contribution in [3.8, 4) is 11.3 Å². The van der Waals surface area contributed by atoms with Crippen LogP contribution in [0.25, 0.3) is 17.0 Å². The molecule has 5 rings (SSSR count). The van der Waals surface area contributed by atoms with E-state index >= 15 is 0 Å². The molecule has 41 heavy (non-hydrogen) atoms. The molecule has 212 valence electrons. The Morgan fingerprint density at radius 3 is 2.51 bits per heavy atom. The molecule has 0 radical (unpaired) electrons. The molecule has 1 aliphatic carbocycles. The number of amides is 1. The quantitative estimate of drug-likeness (QED) is 0.310. The number of carbonyl (C=O) groups excluding carboxylic acids is 1. The van der Waals surface area contributed by atoms with Crippen molar-refractivity contribution in [1.29, 1.82) is 0 Å². The lowest BCUT2D eigenvalue weighted by atomic mass is 9.98. The van der Waals surface area contributed by atoms with Crippen LogP contribution in [0.15, 0.2) is 78.9 Å². The van der Waals surface area contributed by atoms with Crippen molar-refractivity contribution in [2.75, 3.05) is 6.54 Å². The Kier molecular flexibility index (Phi) is 7.53. The molecule has 1 aliphatic heterocycles. The van der Waals surface area contributed by atoms with Gasteiger partial charge in [0.15, 0.2) is 0 Å². The normalized spacial score (nSPS) is 18.4. The second-order valence-corrected chi connectivity index (χ2v) is 9.85. The van der Waals surface area contributed by atoms with Crippen LogP contribution in [-0.4, -0.2) is 39.4 Å². The minimum Gasteiger partial charge on any atom is -0.481 e. The summed E-state index contributed by atoms with van der Waals surface area (Å²) in [4.78, 5) is 23.0. The second kappa shape index (κ2) is 11.1. The highest BCUT2D eigenvalue weighted by molar-refractivity contribution is 5.94. The maximum atomic E-state index is 14.8. The number of aliphatic carboxylic acids is 1. The summed E-state index contributed by atoms with van der Waals surface area (Å²) in [5, 5.41) is 19.3. The molecule has 0 saturated carbocycles. The van der Waals surface area contributed by atoms with Gasteiger partial charge in [0.25, 0.3) is 5.91 Å². The average Bonchev–Trinajstić information content (AvgIpc) is 3.57. The van der Waals surface area contributed by atoms with Crippen molar-refractivity contribution in [3.63, 3.8) is 0 Å². The molecule has 2 unspecified atom stereocenters. The first kappa shape index (κ1) is 27.9. The van der Waals surface area contributed by atoms with Gasteiger partial charge in [-0.05, 0) is 55.0 Å². The third kappa shape index (κ3) is 5.93. The van der Waals surface area contributed by atoms with Crippen molar-refractivity contribution in [1.82, 2.24) is 20.4 Å². The lowest BCUT2D eigenvalue weighted by Crippen LogP contribution is -2.27. The number of carboxylic acids is 1. The number of hydrogen-bond acceptors (Lipinski definition) is 4. The van der Waals surface area contributed by atoms with Crippen LogP contribution in [0.1, 0.15) is 46.6 Å². The van der Waals surface area contributed by atoms with Gasteiger partial charge in [-0.25, -0.2) is 4.39 Å². The smallest absolute Gasteiger partial charge is 0.416 e. The highest BCUT2D eigenvalue weighted by atomic mass is 19.4. The lowest BCUT2D eigenvalue weighted by molar-refractivity contribution is -0.138. The molecule has 3 N–H and O–H groups in total.